The zero-order valence-electron chi connectivity index (χ0n) is 58.1. The van der Waals surface area contributed by atoms with Gasteiger partial charge in [0.15, 0.2) is 0 Å². The summed E-state index contributed by atoms with van der Waals surface area (Å²) >= 11 is 3.19. The summed E-state index contributed by atoms with van der Waals surface area (Å²) in [4.78, 5) is 120. The van der Waals surface area contributed by atoms with Gasteiger partial charge in [0.1, 0.15) is 30.2 Å². The van der Waals surface area contributed by atoms with Crippen molar-refractivity contribution in [1.29, 1.82) is 0 Å². The number of aliphatic hydroxyl groups excluding tert-OH is 2. The minimum Gasteiger partial charge on any atom is -0.480 e. The van der Waals surface area contributed by atoms with Gasteiger partial charge in [-0.1, -0.05) is 143 Å². The third-order valence-electron chi connectivity index (χ3n) is 18.6. The van der Waals surface area contributed by atoms with Gasteiger partial charge in [0.25, 0.3) is 11.8 Å². The van der Waals surface area contributed by atoms with Crippen LogP contribution in [0.4, 0.5) is 0 Å². The number of nitrogens with zero attached hydrogens (tertiary/aromatic N) is 6. The fourth-order valence-corrected chi connectivity index (χ4v) is 14.9. The summed E-state index contributed by atoms with van der Waals surface area (Å²) in [6.45, 7) is 21.8. The number of nitrogens with one attached hydrogen (secondary N) is 3. The van der Waals surface area contributed by atoms with Crippen LogP contribution in [0.15, 0.2) is 126 Å². The molecule has 7 N–H and O–H groups in total. The number of aliphatic hydroxyl groups is 3. The normalized spacial score (nSPS) is 20.1. The van der Waals surface area contributed by atoms with Crippen LogP contribution in [0.3, 0.4) is 0 Å². The fourth-order valence-electron chi connectivity index (χ4n) is 13.3. The van der Waals surface area contributed by atoms with E-state index < -0.39 is 65.3 Å². The molecule has 0 radical (unpaired) electrons. The molecule has 3 fully saturated rings. The summed E-state index contributed by atoms with van der Waals surface area (Å²) in [6.07, 6.45) is -0.324. The quantitative estimate of drug-likeness (QED) is 0.0422. The highest BCUT2D eigenvalue weighted by molar-refractivity contribution is 7.13. The molecule has 99 heavy (non-hydrogen) atoms. The number of carboxylic acids is 1. The maximum Gasteiger partial charge on any atom is 0.326 e. The van der Waals surface area contributed by atoms with Crippen LogP contribution >= 0.6 is 22.7 Å². The minimum atomic E-state index is -1.25. The van der Waals surface area contributed by atoms with Crippen LogP contribution in [0.1, 0.15) is 138 Å². The molecule has 7 aromatic rings. The van der Waals surface area contributed by atoms with Crippen LogP contribution in [0.25, 0.3) is 20.9 Å². The third-order valence-corrected chi connectivity index (χ3v) is 20.6. The van der Waals surface area contributed by atoms with Crippen molar-refractivity contribution in [2.75, 3.05) is 19.6 Å². The van der Waals surface area contributed by atoms with Crippen molar-refractivity contribution in [2.45, 2.75) is 176 Å². The van der Waals surface area contributed by atoms with E-state index in [9.17, 15) is 58.8 Å². The number of hydrogen-bond acceptors (Lipinski definition) is 15. The van der Waals surface area contributed by atoms with Crippen LogP contribution in [0.2, 0.25) is 0 Å². The van der Waals surface area contributed by atoms with Gasteiger partial charge in [0.05, 0.1) is 56.5 Å². The number of rotatable bonds is 18. The number of hydrogen-bond donors (Lipinski definition) is 7. The van der Waals surface area contributed by atoms with E-state index in [0.29, 0.717) is 37.2 Å². The van der Waals surface area contributed by atoms with Gasteiger partial charge in [-0.15, -0.1) is 22.7 Å². The Morgan fingerprint density at radius 2 is 1.20 bits per heavy atom. The van der Waals surface area contributed by atoms with Crippen molar-refractivity contribution in [1.82, 2.24) is 45.5 Å². The number of likely N-dealkylation sites (tertiary alicyclic amines) is 3. The average molecular weight is 1390 g/mol. The summed E-state index contributed by atoms with van der Waals surface area (Å²) < 4.78 is 0. The summed E-state index contributed by atoms with van der Waals surface area (Å²) in [5.41, 5.74) is 14.0. The lowest BCUT2D eigenvalue weighted by molar-refractivity contribution is -0.150. The smallest absolute Gasteiger partial charge is 0.326 e. The van der Waals surface area contributed by atoms with Crippen LogP contribution in [0, 0.1) is 46.0 Å². The molecule has 3 saturated heterocycles. The summed E-state index contributed by atoms with van der Waals surface area (Å²) in [5.74, 6) is -3.35. The van der Waals surface area contributed by atoms with Crippen molar-refractivity contribution < 1.29 is 58.8 Å². The number of thiazole rings is 2. The summed E-state index contributed by atoms with van der Waals surface area (Å²) in [7, 11) is 0. The van der Waals surface area contributed by atoms with E-state index in [2.05, 4.69) is 25.9 Å². The molecule has 0 aliphatic carbocycles. The van der Waals surface area contributed by atoms with Crippen LogP contribution in [-0.2, 0) is 54.8 Å². The monoisotopic (exact) mass is 1390 g/mol. The molecule has 2 aromatic heterocycles. The van der Waals surface area contributed by atoms with Gasteiger partial charge in [-0.25, -0.2) is 14.8 Å². The topological polar surface area (TPSA) is 292 Å². The molecule has 524 valence electrons. The fraction of sp³-hybridized carbons (Fsp3) is 0.421. The first-order valence-corrected chi connectivity index (χ1v) is 35.2. The van der Waals surface area contributed by atoms with Crippen LogP contribution in [0.5, 0.6) is 0 Å². The van der Waals surface area contributed by atoms with Gasteiger partial charge < -0.3 is 56.0 Å². The SMILES string of the molecule is CC(C)[C@@H](C(=O)N1C[C@](C)(O)C[C@H]1C(=O)O)N1Cc2ccccc2C1=O.Cc1ccc(C(=O)N2C[C@H](O)C[C@H]2C(=O)NCc2ccc(-c3scnc3C)cc2)c(C)c1.Cc1ccccc1CCC(=O)N[C@H](C(=O)N1C[C@H](O)C[C@H]1C(=O)NCc1ccc(-c2scnc2C)cc1)C(C)(C)C. The van der Waals surface area contributed by atoms with Crippen molar-refractivity contribution in [2.24, 2.45) is 11.3 Å². The maximum absolute atomic E-state index is 13.8. The zero-order valence-corrected chi connectivity index (χ0v) is 59.7. The lowest BCUT2D eigenvalue weighted by Gasteiger charge is -2.35. The number of β-amino-alcohol motifs (C(OH)–C–C–N with tert-alkyl or cyclic N) is 3. The molecule has 4 aliphatic heterocycles. The molecule has 8 atom stereocenters. The number of fused-ring (bicyclic) bond motifs is 1. The van der Waals surface area contributed by atoms with E-state index in [1.807, 2.05) is 177 Å². The molecule has 21 nitrogen and oxygen atoms in total. The van der Waals surface area contributed by atoms with Gasteiger partial charge in [-0.05, 0) is 116 Å². The Morgan fingerprint density at radius 3 is 1.71 bits per heavy atom. The number of carbonyl (C=O) groups is 8. The Kier molecular flexibility index (Phi) is 23.9. The molecule has 0 saturated carbocycles. The number of aliphatic carboxylic acids is 1. The second-order valence-corrected chi connectivity index (χ2v) is 29.7. The van der Waals surface area contributed by atoms with Crippen molar-refractivity contribution >= 4 is 70.0 Å². The Morgan fingerprint density at radius 1 is 0.667 bits per heavy atom. The first-order valence-electron chi connectivity index (χ1n) is 33.5. The van der Waals surface area contributed by atoms with E-state index in [4.69, 9.17) is 0 Å². The van der Waals surface area contributed by atoms with Gasteiger partial charge in [-0.3, -0.25) is 33.6 Å². The second kappa shape index (κ2) is 31.9. The van der Waals surface area contributed by atoms with E-state index >= 15 is 0 Å². The van der Waals surface area contributed by atoms with Gasteiger partial charge in [0.2, 0.25) is 29.5 Å². The number of carbonyl (C=O) groups excluding carboxylic acids is 7. The molecule has 0 unspecified atom stereocenters. The Balaban J connectivity index is 0.000000178. The Bertz CT molecular complexity index is 4090. The second-order valence-electron chi connectivity index (χ2n) is 28.0. The van der Waals surface area contributed by atoms with Crippen LogP contribution in [-0.4, -0.2) is 165 Å². The number of benzene rings is 5. The van der Waals surface area contributed by atoms with Crippen molar-refractivity contribution in [3.63, 3.8) is 0 Å². The Hall–Kier alpha value is -9.00. The minimum absolute atomic E-state index is 0.0208. The highest BCUT2D eigenvalue weighted by Crippen LogP contribution is 2.35. The molecular weight excluding hydrogens is 1300 g/mol. The number of carboxylic acid groups (broad SMARTS) is 1. The lowest BCUT2D eigenvalue weighted by atomic mass is 9.85. The van der Waals surface area contributed by atoms with Gasteiger partial charge >= 0.3 is 5.97 Å². The molecule has 6 heterocycles. The molecule has 7 amide bonds. The highest BCUT2D eigenvalue weighted by Gasteiger charge is 2.50. The Labute approximate surface area is 586 Å². The molecule has 11 rings (SSSR count). The van der Waals surface area contributed by atoms with Gasteiger partial charge in [0, 0.05) is 69.5 Å². The number of aryl methyl sites for hydroxylation is 6. The van der Waals surface area contributed by atoms with Crippen LogP contribution < -0.4 is 16.0 Å². The molecule has 5 aromatic carbocycles. The largest absolute Gasteiger partial charge is 0.480 e. The van der Waals surface area contributed by atoms with E-state index in [0.717, 1.165) is 71.2 Å². The molecule has 0 bridgehead atoms. The molecule has 23 heteroatoms. The maximum atomic E-state index is 13.8. The van der Waals surface area contributed by atoms with Crippen molar-refractivity contribution in [3.8, 4) is 20.9 Å². The first kappa shape index (κ1) is 74.2. The van der Waals surface area contributed by atoms with E-state index in [-0.39, 0.29) is 86.7 Å². The first-order chi connectivity index (χ1) is 46.9. The predicted octanol–water partition coefficient (Wildman–Crippen LogP) is 8.90. The van der Waals surface area contributed by atoms with E-state index in [1.54, 1.807) is 40.9 Å². The summed E-state index contributed by atoms with van der Waals surface area (Å²) in [6, 6.07) is 32.5. The average Bonchev–Trinajstić information content (AvgIpc) is 1.64. The standard InChI is InChI=1S/C32H40N4O4S.C25H27N3O3S.C19H24N2O5/c1-20-8-6-7-9-23(20)14-15-27(38)35-29(32(3,4)5)31(40)36-18-25(37)16-26(36)30(39)33-17-22-10-12-24(13-11-22)28-21(2)34-19-41-28;1-15-4-9-21(16(2)10-15)25(31)28-13-20(29)11-22(28)24(30)26-12-18-5-7-19(8-6-18)23-17(3)27-14-32-23;1-11(2)15(20-9-12-6-4-5-7-13(12)16(20)22)17(23)21-10-19(3,26)8-14(21)18(24)25/h6-13,19,25-26,29,37H,14-18H2,1-5H3,(H,33,39)(H,35,38);4-10,14,20,22,29H,11-13H2,1-3H3,(H,26,30);4-7,11,14-15,26H,8-10H2,1-3H3,(H,24,25)/t25-,26+,29-;20-,22+;14-,15-,19+/m110/s1. The number of aromatic nitrogens is 2. The molecule has 0 spiro atoms. The third kappa shape index (κ3) is 18.1. The van der Waals surface area contributed by atoms with Gasteiger partial charge in [-0.2, -0.15) is 0 Å². The lowest BCUT2D eigenvalue weighted by Crippen LogP contribution is -2.57. The number of amides is 7. The highest BCUT2D eigenvalue weighted by atomic mass is 32.1. The van der Waals surface area contributed by atoms with Crippen molar-refractivity contribution in [3.05, 3.63) is 188 Å². The predicted molar refractivity (Wildman–Crippen MR) is 380 cm³/mol. The summed E-state index contributed by atoms with van der Waals surface area (Å²) in [5, 5.41) is 49.1. The zero-order chi connectivity index (χ0) is 71.8. The van der Waals surface area contributed by atoms with E-state index in [1.165, 1.54) is 26.5 Å². The molecule has 4 aliphatic rings. The molecular formula is C76H91N9O12S2.